The number of aromatic nitrogens is 5. The molecular formula is C77H89F2N6O18P. The number of aromatic amines is 1. The van der Waals surface area contributed by atoms with Gasteiger partial charge < -0.3 is 64.6 Å². The third-order valence-electron chi connectivity index (χ3n) is 21.8. The summed E-state index contributed by atoms with van der Waals surface area (Å²) in [4.78, 5) is 104. The lowest BCUT2D eigenvalue weighted by Gasteiger charge is -2.59. The number of aromatic hydroxyl groups is 1. The molecule has 0 spiro atoms. The van der Waals surface area contributed by atoms with Gasteiger partial charge in [-0.2, -0.15) is 4.98 Å². The third-order valence-corrected chi connectivity index (χ3v) is 22.6. The topological polar surface area (TPSA) is 383 Å². The molecule has 27 heteroatoms. The number of imidazole rings is 1. The Morgan fingerprint density at radius 3 is 2.35 bits per heavy atom. The lowest BCUT2D eigenvalue weighted by Crippen LogP contribution is -2.63. The normalized spacial score (nSPS) is 23.7. The number of H-pyrrole nitrogens is 1. The molecule has 0 radical (unpaired) electrons. The number of carbonyl (C=O) groups excluding carboxylic acids is 3. The van der Waals surface area contributed by atoms with Gasteiger partial charge >= 0.3 is 25.5 Å². The molecule has 4 fully saturated rings. The van der Waals surface area contributed by atoms with Gasteiger partial charge in [0, 0.05) is 57.4 Å². The summed E-state index contributed by atoms with van der Waals surface area (Å²) in [5.74, 6) is -2.89. The maximum absolute atomic E-state index is 14.0. The van der Waals surface area contributed by atoms with E-state index in [1.54, 1.807) is 66.1 Å². The van der Waals surface area contributed by atoms with Crippen LogP contribution in [0.15, 0.2) is 113 Å². The Morgan fingerprint density at radius 2 is 1.68 bits per heavy atom. The number of cyclic esters (lactones) is 1. The van der Waals surface area contributed by atoms with E-state index in [9.17, 15) is 62.5 Å². The van der Waals surface area contributed by atoms with E-state index in [1.807, 2.05) is 39.8 Å². The number of nitrogens with two attached hydrogens (primary N) is 1. The molecule has 554 valence electrons. The minimum absolute atomic E-state index is 0.0125. The summed E-state index contributed by atoms with van der Waals surface area (Å²) in [6.07, 6.45) is 13.4. The number of carboxylic acids is 2. The number of carbonyl (C=O) groups is 5. The molecule has 0 bridgehead atoms. The van der Waals surface area contributed by atoms with Gasteiger partial charge in [0.05, 0.1) is 48.6 Å². The van der Waals surface area contributed by atoms with Gasteiger partial charge in [0.15, 0.2) is 34.6 Å². The number of carboxylic acid groups (broad SMARTS) is 2. The number of aromatic carboxylic acids is 1. The Balaban J connectivity index is 0.000000150. The van der Waals surface area contributed by atoms with Crippen molar-refractivity contribution in [3.8, 4) is 33.9 Å². The molecule has 9 atom stereocenters. The van der Waals surface area contributed by atoms with Gasteiger partial charge in [-0.1, -0.05) is 107 Å². The highest BCUT2D eigenvalue weighted by molar-refractivity contribution is 7.51. The monoisotopic (exact) mass is 1450 g/mol. The summed E-state index contributed by atoms with van der Waals surface area (Å²) in [6.45, 7) is 15.5. The zero-order valence-electron chi connectivity index (χ0n) is 59.5. The number of phenols is 1. The van der Waals surface area contributed by atoms with E-state index >= 15 is 0 Å². The number of ether oxygens (including phenoxy) is 4. The van der Waals surface area contributed by atoms with Crippen molar-refractivity contribution in [3.63, 3.8) is 0 Å². The summed E-state index contributed by atoms with van der Waals surface area (Å²) in [5, 5.41) is 50.5. The van der Waals surface area contributed by atoms with Crippen molar-refractivity contribution in [2.75, 3.05) is 25.6 Å². The van der Waals surface area contributed by atoms with Crippen LogP contribution >= 0.6 is 7.60 Å². The third kappa shape index (κ3) is 15.5. The first kappa shape index (κ1) is 77.5. The molecule has 10 N–H and O–H groups in total. The Hall–Kier alpha value is -9.14. The lowest BCUT2D eigenvalue weighted by atomic mass is 9.46. The summed E-state index contributed by atoms with van der Waals surface area (Å²) in [6, 6.07) is 17.5. The average Bonchev–Trinajstić information content (AvgIpc) is 1.57. The number of allylic oxidation sites excluding steroid dienone is 6. The van der Waals surface area contributed by atoms with E-state index in [1.165, 1.54) is 37.7 Å². The highest BCUT2D eigenvalue weighted by atomic mass is 31.2. The highest BCUT2D eigenvalue weighted by Gasteiger charge is 2.75. The van der Waals surface area contributed by atoms with Crippen molar-refractivity contribution in [1.29, 1.82) is 0 Å². The molecule has 1 saturated heterocycles. The van der Waals surface area contributed by atoms with Crippen molar-refractivity contribution in [1.82, 2.24) is 24.5 Å². The molecule has 4 aliphatic carbocycles. The number of nitrogen functional groups attached to an aromatic ring is 1. The van der Waals surface area contributed by atoms with E-state index < -0.39 is 67.4 Å². The van der Waals surface area contributed by atoms with Gasteiger partial charge in [-0.05, 0) is 149 Å². The molecule has 3 saturated carbocycles. The number of hydrogen-bond donors (Lipinski definition) is 9. The smallest absolute Gasteiger partial charge is 0.342 e. The molecule has 6 aliphatic rings. The van der Waals surface area contributed by atoms with Crippen LogP contribution in [0, 0.1) is 59.5 Å². The maximum atomic E-state index is 14.0. The van der Waals surface area contributed by atoms with Gasteiger partial charge in [0.1, 0.15) is 41.9 Å². The van der Waals surface area contributed by atoms with E-state index in [-0.39, 0.29) is 104 Å². The number of aliphatic hydroxyl groups excluding tert-OH is 2. The number of aryl methyl sites for hydroxylation is 1. The molecule has 104 heavy (non-hydrogen) atoms. The number of Topliss-reactive ketones (excluding diaryl/α,β-unsaturated/α-hetero) is 1. The predicted molar refractivity (Wildman–Crippen MR) is 382 cm³/mol. The number of aliphatic hydroxyl groups is 2. The zero-order chi connectivity index (χ0) is 75.7. The number of benzene rings is 4. The van der Waals surface area contributed by atoms with Crippen LogP contribution in [0.2, 0.25) is 0 Å². The minimum Gasteiger partial charge on any atom is -0.507 e. The standard InChI is InChI=1S/C25H34O6.C23H15F2NO2.C17H20O6.C12H20N5O4P/c1-4-5-21-30-20-11-17-16-7-6-14-10-15(27)8-9-23(14,2)22(16)18(28)12-24(17,3)25(20,31-21)19(29)13-26;1-13-21(23(27)28)18-12-16(24)10-11-20(18)26-22(13)15-8-6-14(7-9-15)17-4-2-3-5-19(17)25;1-9(5-7-13(18)19)4-6-11-15(20)14-12(8-23-17(14)21)10(2)16(11)22-3;1-12(2,4-6-22(19,20)21)3-5-17-7-14-8-9(17)15-11(13)16-10(8)18/h8-10,16-18,20-22,26,28H,4-7,11-13H2,1-3H3;2-12H,1H3,(H,27,28);4,20H,5-8H2,1-3H3,(H,18,19);7H,3-6H2,1-2H3,(H2,19,20,21)(H3,13,15,16,18)/b;;9-4+;/t16-,17-,18-,20+,21?,22+,23-,24-,25+;;;/m0.../s1. The number of ketones is 2. The molecule has 5 heterocycles. The van der Waals surface area contributed by atoms with Crippen molar-refractivity contribution in [2.45, 2.75) is 163 Å². The number of fused-ring (bicyclic) bond motifs is 10. The molecule has 2 aliphatic heterocycles. The number of phenolic OH excluding ortho intramolecular Hbond substituents is 1. The fourth-order valence-corrected chi connectivity index (χ4v) is 17.3. The van der Waals surface area contributed by atoms with Crippen molar-refractivity contribution in [3.05, 3.63) is 164 Å². The van der Waals surface area contributed by atoms with Gasteiger partial charge in [-0.3, -0.25) is 28.7 Å². The molecule has 24 nitrogen and oxygen atoms in total. The van der Waals surface area contributed by atoms with Crippen LogP contribution < -0.4 is 16.0 Å². The van der Waals surface area contributed by atoms with Gasteiger partial charge in [-0.25, -0.2) is 28.3 Å². The number of esters is 1. The molecule has 3 aromatic heterocycles. The van der Waals surface area contributed by atoms with Crippen molar-refractivity contribution >= 4 is 65.1 Å². The van der Waals surface area contributed by atoms with E-state index in [0.29, 0.717) is 107 Å². The summed E-state index contributed by atoms with van der Waals surface area (Å²) in [7, 11) is -2.48. The number of aliphatic carboxylic acids is 1. The highest BCUT2D eigenvalue weighted by Crippen LogP contribution is 2.70. The quantitative estimate of drug-likeness (QED) is 0.0206. The van der Waals surface area contributed by atoms with Crippen LogP contribution in [-0.4, -0.2) is 133 Å². The number of halogens is 2. The lowest BCUT2D eigenvalue weighted by molar-refractivity contribution is -0.200. The SMILES string of the molecule is CC(C)(CCn1cnc2c(=O)[nH]c(N)nc21)CCP(=O)(O)O.CCCC1O[C@@H]2C[C@H]3[C@@H]4CCC5=CC(=O)C=C[C@]5(C)[C@H]4[C@@H](O)C[C@]3(C)[C@]2(C(=O)CO)O1.COc1c(C)c2c(c(O)c1C/C=C(\C)CCC(=O)O)C(=O)OC2.Cc1c(-c2ccc(-c3ccccc3F)cc2)nc2ccc(F)cc2c1C(=O)O. The summed E-state index contributed by atoms with van der Waals surface area (Å²) in [5.41, 5.74) is 10.8. The van der Waals surface area contributed by atoms with Crippen LogP contribution in [0.5, 0.6) is 11.5 Å². The molecule has 7 aromatic rings. The molecule has 1 unspecified atom stereocenters. The first-order chi connectivity index (χ1) is 49.1. The number of anilines is 1. The van der Waals surface area contributed by atoms with Crippen LogP contribution in [0.4, 0.5) is 14.7 Å². The van der Waals surface area contributed by atoms with Crippen LogP contribution in [-0.2, 0) is 52.7 Å². The minimum atomic E-state index is -3.99. The van der Waals surface area contributed by atoms with Crippen molar-refractivity contribution in [2.24, 2.45) is 34.0 Å². The average molecular weight is 1460 g/mol. The Morgan fingerprint density at radius 1 is 0.971 bits per heavy atom. The fraction of sp³-hybridized carbons (Fsp3) is 0.442. The number of rotatable bonds is 19. The zero-order valence-corrected chi connectivity index (χ0v) is 60.4. The number of nitrogens with one attached hydrogen (secondary N) is 1. The predicted octanol–water partition coefficient (Wildman–Crippen LogP) is 12.0. The van der Waals surface area contributed by atoms with Gasteiger partial charge in [0.2, 0.25) is 5.95 Å². The van der Waals surface area contributed by atoms with E-state index in [0.717, 1.165) is 36.0 Å². The van der Waals surface area contributed by atoms with E-state index in [4.69, 9.17) is 39.6 Å². The number of nitrogens with zero attached hydrogens (tertiary/aromatic N) is 4. The molecular weight excluding hydrogens is 1370 g/mol. The summed E-state index contributed by atoms with van der Waals surface area (Å²) < 4.78 is 63.4. The number of methoxy groups -OCH3 is 1. The number of hydrogen-bond acceptors (Lipinski definition) is 18. The maximum Gasteiger partial charge on any atom is 0.342 e. The second-order valence-corrected chi connectivity index (χ2v) is 30.7. The Bertz CT molecular complexity index is 4720. The van der Waals surface area contributed by atoms with Crippen LogP contribution in [0.25, 0.3) is 44.5 Å². The second-order valence-electron chi connectivity index (χ2n) is 28.9. The molecule has 13 rings (SSSR count). The first-order valence-electron chi connectivity index (χ1n) is 34.6. The molecule has 4 aromatic carbocycles. The van der Waals surface area contributed by atoms with Crippen LogP contribution in [0.1, 0.15) is 149 Å². The van der Waals surface area contributed by atoms with Gasteiger partial charge in [0.25, 0.3) is 5.56 Å². The first-order valence-corrected chi connectivity index (χ1v) is 36.4. The fourth-order valence-electron chi connectivity index (χ4n) is 16.4. The second kappa shape index (κ2) is 30.9. The molecule has 0 amide bonds. The van der Waals surface area contributed by atoms with Crippen molar-refractivity contribution < 1.29 is 91.6 Å². The Kier molecular flexibility index (Phi) is 23.0. The van der Waals surface area contributed by atoms with E-state index in [2.05, 4.69) is 40.7 Å². The Labute approximate surface area is 599 Å². The van der Waals surface area contributed by atoms with Crippen LogP contribution in [0.3, 0.4) is 0 Å². The number of pyridine rings is 1. The largest absolute Gasteiger partial charge is 0.507 e. The van der Waals surface area contributed by atoms with Gasteiger partial charge in [-0.15, -0.1) is 0 Å². The summed E-state index contributed by atoms with van der Waals surface area (Å²) >= 11 is 0.